The number of aryl methyl sites for hydroxylation is 1. The van der Waals surface area contributed by atoms with Crippen LogP contribution in [0, 0.1) is 23.0 Å². The Morgan fingerprint density at radius 1 is 1.37 bits per heavy atom. The molecule has 3 rings (SSSR count). The average molecular weight is 376 g/mol. The van der Waals surface area contributed by atoms with E-state index < -0.39 is 11.1 Å². The van der Waals surface area contributed by atoms with Crippen LogP contribution in [-0.2, 0) is 16.1 Å². The van der Waals surface area contributed by atoms with Crippen LogP contribution < -0.4 is 0 Å². The van der Waals surface area contributed by atoms with Gasteiger partial charge in [-0.15, -0.1) is 0 Å². The second-order valence-corrected chi connectivity index (χ2v) is 7.02. The molecule has 146 valence electrons. The lowest BCUT2D eigenvalue weighted by atomic mass is 10.1. The van der Waals surface area contributed by atoms with Gasteiger partial charge in [-0.25, -0.2) is 19.8 Å². The number of hydrogen-bond donors (Lipinski definition) is 0. The van der Waals surface area contributed by atoms with Crippen LogP contribution in [0.4, 0.5) is 4.79 Å². The molecule has 9 heteroatoms. The Morgan fingerprint density at radius 2 is 2.11 bits per heavy atom. The highest BCUT2D eigenvalue weighted by Crippen LogP contribution is 2.22. The van der Waals surface area contributed by atoms with E-state index in [1.165, 1.54) is 4.90 Å². The fourth-order valence-electron chi connectivity index (χ4n) is 3.38. The molecule has 27 heavy (non-hydrogen) atoms. The first-order valence-electron chi connectivity index (χ1n) is 9.01. The molecule has 2 fully saturated rings. The van der Waals surface area contributed by atoms with E-state index in [-0.39, 0.29) is 24.6 Å². The lowest BCUT2D eigenvalue weighted by Crippen LogP contribution is -2.40. The number of benzene rings is 1. The Labute approximate surface area is 157 Å². The minimum atomic E-state index is -0.776. The SMILES string of the molecule is Cc1ccc(COC(=O)N2CCN(CC3COC(C)C3)C2=N[N+](=O)[O-])cc1. The van der Waals surface area contributed by atoms with Crippen LogP contribution in [0.1, 0.15) is 24.5 Å². The van der Waals surface area contributed by atoms with Gasteiger partial charge in [-0.3, -0.25) is 0 Å². The molecule has 0 N–H and O–H groups in total. The van der Waals surface area contributed by atoms with Crippen molar-refractivity contribution in [2.45, 2.75) is 33.0 Å². The highest BCUT2D eigenvalue weighted by atomic mass is 16.7. The summed E-state index contributed by atoms with van der Waals surface area (Å²) in [7, 11) is 0. The normalized spacial score (nSPS) is 23.9. The molecule has 0 saturated carbocycles. The molecular weight excluding hydrogens is 352 g/mol. The number of guanidine groups is 1. The van der Waals surface area contributed by atoms with E-state index >= 15 is 0 Å². The summed E-state index contributed by atoms with van der Waals surface area (Å²) in [5.41, 5.74) is 1.97. The maximum atomic E-state index is 12.5. The molecule has 2 saturated heterocycles. The summed E-state index contributed by atoms with van der Waals surface area (Å²) in [6.45, 7) is 6.06. The Kier molecular flexibility index (Phi) is 5.90. The van der Waals surface area contributed by atoms with Crippen LogP contribution >= 0.6 is 0 Å². The molecule has 2 unspecified atom stereocenters. The highest BCUT2D eigenvalue weighted by molar-refractivity contribution is 5.95. The number of rotatable bonds is 5. The van der Waals surface area contributed by atoms with Gasteiger partial charge in [0, 0.05) is 19.0 Å². The van der Waals surface area contributed by atoms with Crippen molar-refractivity contribution in [3.63, 3.8) is 0 Å². The van der Waals surface area contributed by atoms with Gasteiger partial charge in [0.1, 0.15) is 11.7 Å². The summed E-state index contributed by atoms with van der Waals surface area (Å²) in [5, 5.41) is 13.6. The molecule has 2 aliphatic heterocycles. The van der Waals surface area contributed by atoms with Crippen LogP contribution in [0.15, 0.2) is 29.4 Å². The Morgan fingerprint density at radius 3 is 2.74 bits per heavy atom. The highest BCUT2D eigenvalue weighted by Gasteiger charge is 2.37. The smallest absolute Gasteiger partial charge is 0.417 e. The third-order valence-corrected chi connectivity index (χ3v) is 4.75. The van der Waals surface area contributed by atoms with E-state index in [9.17, 15) is 14.9 Å². The monoisotopic (exact) mass is 376 g/mol. The molecule has 0 aromatic heterocycles. The zero-order valence-electron chi connectivity index (χ0n) is 15.5. The van der Waals surface area contributed by atoms with E-state index in [4.69, 9.17) is 9.47 Å². The van der Waals surface area contributed by atoms with Gasteiger partial charge in [0.15, 0.2) is 5.03 Å². The lowest BCUT2D eigenvalue weighted by molar-refractivity contribution is -0.486. The van der Waals surface area contributed by atoms with Crippen molar-refractivity contribution in [1.29, 1.82) is 0 Å². The van der Waals surface area contributed by atoms with E-state index in [1.807, 2.05) is 38.1 Å². The Hall–Kier alpha value is -2.68. The van der Waals surface area contributed by atoms with E-state index in [0.717, 1.165) is 17.5 Å². The van der Waals surface area contributed by atoms with Crippen molar-refractivity contribution in [1.82, 2.24) is 9.80 Å². The van der Waals surface area contributed by atoms with Gasteiger partial charge in [-0.1, -0.05) is 29.8 Å². The minimum absolute atomic E-state index is 0.0356. The molecule has 0 bridgehead atoms. The third-order valence-electron chi connectivity index (χ3n) is 4.75. The third kappa shape index (κ3) is 4.94. The summed E-state index contributed by atoms with van der Waals surface area (Å²) < 4.78 is 10.9. The van der Waals surface area contributed by atoms with Crippen LogP contribution in [0.2, 0.25) is 0 Å². The van der Waals surface area contributed by atoms with Crippen LogP contribution in [-0.4, -0.2) is 59.2 Å². The van der Waals surface area contributed by atoms with E-state index in [2.05, 4.69) is 5.10 Å². The molecule has 9 nitrogen and oxygen atoms in total. The first kappa shape index (κ1) is 19.1. The molecular formula is C18H24N4O5. The fourth-order valence-corrected chi connectivity index (χ4v) is 3.38. The van der Waals surface area contributed by atoms with Gasteiger partial charge in [-0.2, -0.15) is 0 Å². The Bertz CT molecular complexity index is 721. The molecule has 1 aromatic rings. The number of ether oxygens (including phenoxy) is 2. The molecule has 2 atom stereocenters. The van der Waals surface area contributed by atoms with Crippen molar-refractivity contribution < 1.29 is 19.3 Å². The summed E-state index contributed by atoms with van der Waals surface area (Å²) in [6.07, 6.45) is 0.443. The fraction of sp³-hybridized carbons (Fsp3) is 0.556. The van der Waals surface area contributed by atoms with Crippen molar-refractivity contribution in [2.75, 3.05) is 26.2 Å². The number of carbonyl (C=O) groups excluding carboxylic acids is 1. The largest absolute Gasteiger partial charge is 0.444 e. The standard InChI is InChI=1S/C18H24N4O5/c1-13-3-5-15(6-4-13)11-27-18(23)21-8-7-20(17(21)19-22(24)25)10-16-9-14(2)26-12-16/h3-6,14,16H,7-12H2,1-2H3. The summed E-state index contributed by atoms with van der Waals surface area (Å²) >= 11 is 0. The van der Waals surface area contributed by atoms with Gasteiger partial charge in [0.25, 0.3) is 5.96 Å². The average Bonchev–Trinajstić information content (AvgIpc) is 3.20. The zero-order chi connectivity index (χ0) is 19.4. The van der Waals surface area contributed by atoms with Gasteiger partial charge >= 0.3 is 6.09 Å². The summed E-state index contributed by atoms with van der Waals surface area (Å²) in [4.78, 5) is 26.4. The number of amides is 1. The topological polar surface area (TPSA) is 97.5 Å². The predicted molar refractivity (Wildman–Crippen MR) is 97.6 cm³/mol. The lowest BCUT2D eigenvalue weighted by Gasteiger charge is -2.21. The van der Waals surface area contributed by atoms with Crippen molar-refractivity contribution in [2.24, 2.45) is 11.0 Å². The van der Waals surface area contributed by atoms with Gasteiger partial charge in [-0.05, 0) is 25.8 Å². The molecule has 0 spiro atoms. The van der Waals surface area contributed by atoms with E-state index in [0.29, 0.717) is 26.2 Å². The summed E-state index contributed by atoms with van der Waals surface area (Å²) in [6, 6.07) is 7.63. The maximum absolute atomic E-state index is 12.5. The number of hydrazone groups is 1. The van der Waals surface area contributed by atoms with Gasteiger partial charge < -0.3 is 14.4 Å². The van der Waals surface area contributed by atoms with Crippen molar-refractivity contribution in [3.05, 3.63) is 45.5 Å². The maximum Gasteiger partial charge on any atom is 0.417 e. The van der Waals surface area contributed by atoms with Crippen molar-refractivity contribution >= 4 is 12.1 Å². The molecule has 1 aromatic carbocycles. The van der Waals surface area contributed by atoms with Crippen LogP contribution in [0.5, 0.6) is 0 Å². The number of nitro groups is 1. The minimum Gasteiger partial charge on any atom is -0.444 e. The molecule has 2 heterocycles. The number of nitrogens with zero attached hydrogens (tertiary/aromatic N) is 4. The predicted octanol–water partition coefficient (Wildman–Crippen LogP) is 2.22. The first-order chi connectivity index (χ1) is 12.9. The number of hydrogen-bond acceptors (Lipinski definition) is 5. The molecule has 1 amide bonds. The van der Waals surface area contributed by atoms with Crippen LogP contribution in [0.3, 0.4) is 0 Å². The molecule has 2 aliphatic rings. The van der Waals surface area contributed by atoms with Gasteiger partial charge in [0.2, 0.25) is 0 Å². The zero-order valence-corrected chi connectivity index (χ0v) is 15.5. The number of carbonyl (C=O) groups is 1. The second kappa shape index (κ2) is 8.34. The van der Waals surface area contributed by atoms with E-state index in [1.54, 1.807) is 4.90 Å². The van der Waals surface area contributed by atoms with Gasteiger partial charge in [0.05, 0.1) is 19.3 Å². The first-order valence-corrected chi connectivity index (χ1v) is 9.01. The summed E-state index contributed by atoms with van der Waals surface area (Å²) in [5.74, 6) is 0.300. The quantitative estimate of drug-likeness (QED) is 0.577. The second-order valence-electron chi connectivity index (χ2n) is 7.02. The van der Waals surface area contributed by atoms with Crippen molar-refractivity contribution in [3.8, 4) is 0 Å². The van der Waals surface area contributed by atoms with Crippen LogP contribution in [0.25, 0.3) is 0 Å². The molecule has 0 aliphatic carbocycles. The Balaban J connectivity index is 1.63. The molecule has 0 radical (unpaired) electrons.